The molecule has 0 aliphatic carbocycles. The topological polar surface area (TPSA) is 54.0 Å². The van der Waals surface area contributed by atoms with Gasteiger partial charge in [0, 0.05) is 18.2 Å². The van der Waals surface area contributed by atoms with E-state index in [1.54, 1.807) is 6.20 Å². The summed E-state index contributed by atoms with van der Waals surface area (Å²) in [6.07, 6.45) is 3.57. The number of carbonyl (C=O) groups excluding carboxylic acids is 1. The number of hydrogen-bond acceptors (Lipinski definition) is 3. The van der Waals surface area contributed by atoms with E-state index in [-0.39, 0.29) is 11.8 Å². The Morgan fingerprint density at radius 3 is 3.00 bits per heavy atom. The Morgan fingerprint density at radius 2 is 2.35 bits per heavy atom. The minimum absolute atomic E-state index is 0.0923. The fourth-order valence-electron chi connectivity index (χ4n) is 2.14. The maximum atomic E-state index is 12.0. The van der Waals surface area contributed by atoms with Gasteiger partial charge in [-0.3, -0.25) is 4.79 Å². The van der Waals surface area contributed by atoms with Crippen LogP contribution in [0.3, 0.4) is 0 Å². The highest BCUT2D eigenvalue weighted by atomic mass is 16.1. The Morgan fingerprint density at radius 1 is 1.53 bits per heavy atom. The molecule has 0 spiro atoms. The summed E-state index contributed by atoms with van der Waals surface area (Å²) in [7, 11) is 0. The predicted octanol–water partition coefficient (Wildman–Crippen LogP) is 1.72. The number of carbonyl (C=O) groups is 1. The Hall–Kier alpha value is -1.42. The number of aryl methyl sites for hydroxylation is 1. The molecule has 0 saturated carbocycles. The summed E-state index contributed by atoms with van der Waals surface area (Å²) in [4.78, 5) is 16.2. The van der Waals surface area contributed by atoms with Gasteiger partial charge >= 0.3 is 0 Å². The van der Waals surface area contributed by atoms with Crippen molar-refractivity contribution in [3.05, 3.63) is 23.9 Å². The van der Waals surface area contributed by atoms with Crippen molar-refractivity contribution < 1.29 is 4.79 Å². The molecule has 0 radical (unpaired) electrons. The van der Waals surface area contributed by atoms with Gasteiger partial charge in [-0.05, 0) is 44.9 Å². The lowest BCUT2D eigenvalue weighted by Crippen LogP contribution is -2.40. The minimum atomic E-state index is 0.0923. The molecule has 2 N–H and O–H groups in total. The summed E-state index contributed by atoms with van der Waals surface area (Å²) in [5.74, 6) is 0.843. The van der Waals surface area contributed by atoms with Crippen LogP contribution in [-0.2, 0) is 4.79 Å². The lowest BCUT2D eigenvalue weighted by atomic mass is 9.92. The van der Waals surface area contributed by atoms with Gasteiger partial charge in [0.1, 0.15) is 5.82 Å². The van der Waals surface area contributed by atoms with Gasteiger partial charge in [0.2, 0.25) is 5.91 Å². The highest BCUT2D eigenvalue weighted by Crippen LogP contribution is 2.17. The van der Waals surface area contributed by atoms with Gasteiger partial charge in [-0.15, -0.1) is 0 Å². The van der Waals surface area contributed by atoms with E-state index in [2.05, 4.69) is 22.5 Å². The number of nitrogens with one attached hydrogen (secondary N) is 2. The molecular formula is C13H19N3O. The third kappa shape index (κ3) is 3.27. The van der Waals surface area contributed by atoms with Gasteiger partial charge in [0.25, 0.3) is 0 Å². The van der Waals surface area contributed by atoms with Crippen molar-refractivity contribution in [2.45, 2.75) is 32.7 Å². The number of amides is 1. The smallest absolute Gasteiger partial charge is 0.228 e. The predicted molar refractivity (Wildman–Crippen MR) is 67.8 cm³/mol. The summed E-state index contributed by atoms with van der Waals surface area (Å²) in [5, 5.41) is 6.22. The molecule has 0 unspecified atom stereocenters. The van der Waals surface area contributed by atoms with Crippen molar-refractivity contribution in [2.24, 2.45) is 5.92 Å². The second-order valence-electron chi connectivity index (χ2n) is 4.79. The number of aromatic nitrogens is 1. The van der Waals surface area contributed by atoms with Crippen molar-refractivity contribution >= 4 is 11.7 Å². The first-order valence-electron chi connectivity index (χ1n) is 6.12. The zero-order chi connectivity index (χ0) is 12.3. The Labute approximate surface area is 102 Å². The third-order valence-corrected chi connectivity index (χ3v) is 3.16. The molecular weight excluding hydrogens is 214 g/mol. The number of pyridine rings is 1. The summed E-state index contributed by atoms with van der Waals surface area (Å²) in [6.45, 7) is 5.01. The van der Waals surface area contributed by atoms with Crippen LogP contribution in [0.2, 0.25) is 0 Å². The van der Waals surface area contributed by atoms with E-state index in [0.717, 1.165) is 24.9 Å². The van der Waals surface area contributed by atoms with Crippen molar-refractivity contribution in [2.75, 3.05) is 11.9 Å². The standard InChI is InChI=1S/C13H19N3O/c1-9-3-4-12(15-8-9)16-13(17)11-5-6-14-10(2)7-11/h3-4,8,10-11,14H,5-7H2,1-2H3,(H,15,16,17)/t10-,11-/m0/s1. The Bertz CT molecular complexity index is 388. The van der Waals surface area contributed by atoms with Crippen molar-refractivity contribution in [3.8, 4) is 0 Å². The molecule has 4 nitrogen and oxygen atoms in total. The largest absolute Gasteiger partial charge is 0.314 e. The van der Waals surface area contributed by atoms with E-state index in [9.17, 15) is 4.79 Å². The quantitative estimate of drug-likeness (QED) is 0.817. The molecule has 1 fully saturated rings. The van der Waals surface area contributed by atoms with Gasteiger partial charge < -0.3 is 10.6 Å². The number of rotatable bonds is 2. The fourth-order valence-corrected chi connectivity index (χ4v) is 2.14. The molecule has 1 aromatic rings. The highest BCUT2D eigenvalue weighted by Gasteiger charge is 2.24. The first-order valence-corrected chi connectivity index (χ1v) is 6.12. The lowest BCUT2D eigenvalue weighted by molar-refractivity contribution is -0.120. The third-order valence-electron chi connectivity index (χ3n) is 3.16. The summed E-state index contributed by atoms with van der Waals surface area (Å²) in [5.41, 5.74) is 1.10. The van der Waals surface area contributed by atoms with Crippen molar-refractivity contribution in [1.29, 1.82) is 0 Å². The molecule has 0 aromatic carbocycles. The Balaban J connectivity index is 1.94. The van der Waals surface area contributed by atoms with E-state index >= 15 is 0 Å². The molecule has 92 valence electrons. The van der Waals surface area contributed by atoms with E-state index in [4.69, 9.17) is 0 Å². The molecule has 1 aliphatic heterocycles. The zero-order valence-electron chi connectivity index (χ0n) is 10.4. The maximum absolute atomic E-state index is 12.0. The molecule has 1 amide bonds. The summed E-state index contributed by atoms with van der Waals surface area (Å²) >= 11 is 0. The van der Waals surface area contributed by atoms with Crippen LogP contribution in [0.15, 0.2) is 18.3 Å². The molecule has 1 aliphatic rings. The van der Waals surface area contributed by atoms with Crippen LogP contribution in [0.5, 0.6) is 0 Å². The van der Waals surface area contributed by atoms with Gasteiger partial charge in [-0.25, -0.2) is 4.98 Å². The minimum Gasteiger partial charge on any atom is -0.314 e. The van der Waals surface area contributed by atoms with Crippen molar-refractivity contribution in [1.82, 2.24) is 10.3 Å². The van der Waals surface area contributed by atoms with Crippen LogP contribution < -0.4 is 10.6 Å². The molecule has 1 aromatic heterocycles. The van der Waals surface area contributed by atoms with Crippen LogP contribution in [0.25, 0.3) is 0 Å². The van der Waals surface area contributed by atoms with Crippen LogP contribution >= 0.6 is 0 Å². The highest BCUT2D eigenvalue weighted by molar-refractivity contribution is 5.91. The zero-order valence-corrected chi connectivity index (χ0v) is 10.4. The lowest BCUT2D eigenvalue weighted by Gasteiger charge is -2.26. The van der Waals surface area contributed by atoms with E-state index in [1.165, 1.54) is 0 Å². The number of piperidine rings is 1. The molecule has 0 bridgehead atoms. The van der Waals surface area contributed by atoms with Crippen LogP contribution in [-0.4, -0.2) is 23.5 Å². The molecule has 17 heavy (non-hydrogen) atoms. The van der Waals surface area contributed by atoms with Crippen LogP contribution in [0.1, 0.15) is 25.3 Å². The number of hydrogen-bond donors (Lipinski definition) is 2. The summed E-state index contributed by atoms with van der Waals surface area (Å²) < 4.78 is 0. The molecule has 1 saturated heterocycles. The summed E-state index contributed by atoms with van der Waals surface area (Å²) in [6, 6.07) is 4.22. The average Bonchev–Trinajstić information content (AvgIpc) is 2.32. The van der Waals surface area contributed by atoms with E-state index in [0.29, 0.717) is 11.9 Å². The maximum Gasteiger partial charge on any atom is 0.228 e. The first kappa shape index (κ1) is 12.0. The van der Waals surface area contributed by atoms with Gasteiger partial charge in [-0.1, -0.05) is 6.07 Å². The Kier molecular flexibility index (Phi) is 3.74. The molecule has 4 heteroatoms. The number of nitrogens with zero attached hydrogens (tertiary/aromatic N) is 1. The normalized spacial score (nSPS) is 24.4. The molecule has 2 rings (SSSR count). The van der Waals surface area contributed by atoms with Crippen LogP contribution in [0, 0.1) is 12.8 Å². The second kappa shape index (κ2) is 5.27. The first-order chi connectivity index (χ1) is 8.15. The van der Waals surface area contributed by atoms with E-state index in [1.807, 2.05) is 19.1 Å². The second-order valence-corrected chi connectivity index (χ2v) is 4.79. The average molecular weight is 233 g/mol. The monoisotopic (exact) mass is 233 g/mol. The SMILES string of the molecule is Cc1ccc(NC(=O)[C@H]2CCN[C@@H](C)C2)nc1. The number of anilines is 1. The van der Waals surface area contributed by atoms with Gasteiger partial charge in [0.05, 0.1) is 0 Å². The van der Waals surface area contributed by atoms with Crippen LogP contribution in [0.4, 0.5) is 5.82 Å². The van der Waals surface area contributed by atoms with Gasteiger partial charge in [0.15, 0.2) is 0 Å². The van der Waals surface area contributed by atoms with E-state index < -0.39 is 0 Å². The van der Waals surface area contributed by atoms with Crippen molar-refractivity contribution in [3.63, 3.8) is 0 Å². The molecule has 2 heterocycles. The fraction of sp³-hybridized carbons (Fsp3) is 0.538. The van der Waals surface area contributed by atoms with Gasteiger partial charge in [-0.2, -0.15) is 0 Å². The molecule has 2 atom stereocenters.